The molecule has 0 unspecified atom stereocenters. The lowest BCUT2D eigenvalue weighted by atomic mass is 9.90. The number of carbonyl (C=O) groups excluding carboxylic acids is 1. The van der Waals surface area contributed by atoms with Gasteiger partial charge in [0.15, 0.2) is 0 Å². The van der Waals surface area contributed by atoms with E-state index in [9.17, 15) is 18.0 Å². The molecule has 0 aliphatic heterocycles. The first-order valence-electron chi connectivity index (χ1n) is 8.44. The maximum Gasteiger partial charge on any atom is 0.471 e. The second-order valence-electron chi connectivity index (χ2n) is 6.38. The first-order chi connectivity index (χ1) is 12.7. The number of anilines is 1. The Morgan fingerprint density at radius 3 is 2.19 bits per heavy atom. The molecule has 0 aliphatic rings. The molecule has 0 fully saturated rings. The summed E-state index contributed by atoms with van der Waals surface area (Å²) in [6.45, 7) is 5.28. The fourth-order valence-corrected chi connectivity index (χ4v) is 2.85. The Hall–Kier alpha value is -2.76. The van der Waals surface area contributed by atoms with Crippen LogP contribution in [0.4, 0.5) is 18.9 Å². The lowest BCUT2D eigenvalue weighted by Crippen LogP contribution is -2.54. The zero-order chi connectivity index (χ0) is 20.1. The number of benzene rings is 2. The van der Waals surface area contributed by atoms with Crippen LogP contribution in [0.1, 0.15) is 18.9 Å². The molecule has 0 aliphatic carbocycles. The van der Waals surface area contributed by atoms with E-state index in [1.807, 2.05) is 30.3 Å². The van der Waals surface area contributed by atoms with Crippen LogP contribution in [0.2, 0.25) is 0 Å². The molecular weight excluding hydrogens is 355 g/mol. The predicted octanol–water partition coefficient (Wildman–Crippen LogP) is 5.17. The molecule has 0 N–H and O–H groups in total. The number of hydrogen-bond donors (Lipinski definition) is 0. The smallest absolute Gasteiger partial charge is 0.471 e. The Morgan fingerprint density at radius 2 is 1.70 bits per heavy atom. The molecule has 2 rings (SSSR count). The number of halogens is 3. The summed E-state index contributed by atoms with van der Waals surface area (Å²) >= 11 is 0. The van der Waals surface area contributed by atoms with Gasteiger partial charge in [-0.15, -0.1) is 6.58 Å². The normalized spacial score (nSPS) is 13.5. The Kier molecular flexibility index (Phi) is 6.31. The van der Waals surface area contributed by atoms with E-state index in [1.165, 1.54) is 37.5 Å². The fraction of sp³-hybridized carbons (Fsp3) is 0.286. The third kappa shape index (κ3) is 4.90. The molecule has 0 heterocycles. The van der Waals surface area contributed by atoms with Crippen molar-refractivity contribution in [1.82, 2.24) is 0 Å². The third-order valence-electron chi connectivity index (χ3n) is 4.49. The molecule has 2 aromatic carbocycles. The van der Waals surface area contributed by atoms with Crippen molar-refractivity contribution >= 4 is 11.6 Å². The van der Waals surface area contributed by atoms with Crippen molar-refractivity contribution < 1.29 is 22.7 Å². The Morgan fingerprint density at radius 1 is 1.11 bits per heavy atom. The van der Waals surface area contributed by atoms with E-state index in [2.05, 4.69) is 6.58 Å². The van der Waals surface area contributed by atoms with Crippen molar-refractivity contribution in [1.29, 1.82) is 0 Å². The van der Waals surface area contributed by atoms with Gasteiger partial charge < -0.3 is 4.74 Å². The van der Waals surface area contributed by atoms with Crippen LogP contribution in [-0.4, -0.2) is 24.7 Å². The summed E-state index contributed by atoms with van der Waals surface area (Å²) < 4.78 is 45.0. The molecule has 2 aromatic rings. The highest BCUT2D eigenvalue weighted by molar-refractivity contribution is 5.99. The van der Waals surface area contributed by atoms with Gasteiger partial charge in [-0.2, -0.15) is 13.2 Å². The van der Waals surface area contributed by atoms with E-state index >= 15 is 0 Å². The number of ether oxygens (including phenoxy) is 1. The summed E-state index contributed by atoms with van der Waals surface area (Å²) in [5.74, 6) is -1.44. The fourth-order valence-electron chi connectivity index (χ4n) is 2.85. The molecule has 0 saturated carbocycles. The third-order valence-corrected chi connectivity index (χ3v) is 4.49. The number of nitrogens with zero attached hydrogens (tertiary/aromatic N) is 1. The topological polar surface area (TPSA) is 29.5 Å². The number of amides is 1. The minimum Gasteiger partial charge on any atom is -0.497 e. The van der Waals surface area contributed by atoms with Gasteiger partial charge in [0.2, 0.25) is 0 Å². The van der Waals surface area contributed by atoms with Gasteiger partial charge in [-0.05, 0) is 49.6 Å². The van der Waals surface area contributed by atoms with Crippen molar-refractivity contribution in [3.8, 4) is 5.75 Å². The molecule has 3 nitrogen and oxygen atoms in total. The lowest BCUT2D eigenvalue weighted by molar-refractivity contribution is -0.171. The van der Waals surface area contributed by atoms with E-state index in [-0.39, 0.29) is 12.1 Å². The van der Waals surface area contributed by atoms with Crippen LogP contribution in [0.25, 0.3) is 0 Å². The second kappa shape index (κ2) is 8.29. The van der Waals surface area contributed by atoms with Gasteiger partial charge in [0, 0.05) is 5.69 Å². The van der Waals surface area contributed by atoms with Gasteiger partial charge in [-0.25, -0.2) is 0 Å². The molecule has 1 atom stereocenters. The highest BCUT2D eigenvalue weighted by Crippen LogP contribution is 2.34. The van der Waals surface area contributed by atoms with Gasteiger partial charge >= 0.3 is 12.1 Å². The molecule has 6 heteroatoms. The zero-order valence-corrected chi connectivity index (χ0v) is 15.3. The summed E-state index contributed by atoms with van der Waals surface area (Å²) in [5, 5.41) is 0. The SMILES string of the molecule is C=C[C@@](C)(CCc1ccccc1)N(C(=O)C(F)(F)F)c1ccc(OC)cc1. The summed E-state index contributed by atoms with van der Waals surface area (Å²) in [4.78, 5) is 13.0. The van der Waals surface area contributed by atoms with Crippen LogP contribution in [0.15, 0.2) is 67.3 Å². The monoisotopic (exact) mass is 377 g/mol. The van der Waals surface area contributed by atoms with E-state index in [1.54, 1.807) is 6.92 Å². The van der Waals surface area contributed by atoms with Crippen LogP contribution in [0.3, 0.4) is 0 Å². The maximum atomic E-state index is 13.3. The minimum absolute atomic E-state index is 0.133. The number of carbonyl (C=O) groups is 1. The molecular formula is C21H22F3NO2. The van der Waals surface area contributed by atoms with E-state index < -0.39 is 17.6 Å². The first-order valence-corrected chi connectivity index (χ1v) is 8.44. The number of aryl methyl sites for hydroxylation is 1. The van der Waals surface area contributed by atoms with Crippen LogP contribution in [0, 0.1) is 0 Å². The highest BCUT2D eigenvalue weighted by atomic mass is 19.4. The second-order valence-corrected chi connectivity index (χ2v) is 6.38. The Balaban J connectivity index is 2.41. The van der Waals surface area contributed by atoms with Crippen LogP contribution >= 0.6 is 0 Å². The van der Waals surface area contributed by atoms with Gasteiger partial charge in [0.1, 0.15) is 5.75 Å². The van der Waals surface area contributed by atoms with Gasteiger partial charge in [0.25, 0.3) is 0 Å². The standard InChI is InChI=1S/C21H22F3NO2/c1-4-20(2,15-14-16-8-6-5-7-9-16)25(19(26)21(22,23)24)17-10-12-18(27-3)13-11-17/h4-13H,1,14-15H2,2-3H3/t20-/m0/s1. The van der Waals surface area contributed by atoms with Gasteiger partial charge in [-0.3, -0.25) is 9.69 Å². The van der Waals surface area contributed by atoms with Crippen molar-refractivity contribution in [2.24, 2.45) is 0 Å². The minimum atomic E-state index is -5.00. The van der Waals surface area contributed by atoms with Gasteiger partial charge in [-0.1, -0.05) is 36.4 Å². The van der Waals surface area contributed by atoms with Crippen LogP contribution in [-0.2, 0) is 11.2 Å². The van der Waals surface area contributed by atoms with Crippen LogP contribution < -0.4 is 9.64 Å². The Labute approximate surface area is 157 Å². The largest absolute Gasteiger partial charge is 0.497 e. The summed E-state index contributed by atoms with van der Waals surface area (Å²) in [5.41, 5.74) is -0.120. The molecule has 0 spiro atoms. The lowest BCUT2D eigenvalue weighted by Gasteiger charge is -2.40. The first kappa shape index (κ1) is 20.6. The molecule has 0 bridgehead atoms. The molecule has 1 amide bonds. The number of hydrogen-bond acceptors (Lipinski definition) is 2. The number of alkyl halides is 3. The Bertz CT molecular complexity index is 772. The quantitative estimate of drug-likeness (QED) is 0.623. The average Bonchev–Trinajstić information content (AvgIpc) is 2.67. The van der Waals surface area contributed by atoms with Crippen molar-refractivity contribution in [3.63, 3.8) is 0 Å². The number of methoxy groups -OCH3 is 1. The maximum absolute atomic E-state index is 13.3. The molecule has 144 valence electrons. The van der Waals surface area contributed by atoms with E-state index in [4.69, 9.17) is 4.74 Å². The molecule has 0 saturated heterocycles. The van der Waals surface area contributed by atoms with Crippen molar-refractivity contribution in [2.45, 2.75) is 31.5 Å². The average molecular weight is 377 g/mol. The zero-order valence-electron chi connectivity index (χ0n) is 15.3. The molecule has 0 radical (unpaired) electrons. The van der Waals surface area contributed by atoms with E-state index in [0.29, 0.717) is 12.2 Å². The number of rotatable bonds is 7. The highest BCUT2D eigenvalue weighted by Gasteiger charge is 2.48. The van der Waals surface area contributed by atoms with E-state index in [0.717, 1.165) is 10.5 Å². The predicted molar refractivity (Wildman–Crippen MR) is 99.9 cm³/mol. The summed E-state index contributed by atoms with van der Waals surface area (Å²) in [6.07, 6.45) is -2.82. The van der Waals surface area contributed by atoms with Crippen molar-refractivity contribution in [3.05, 3.63) is 72.8 Å². The summed E-state index contributed by atoms with van der Waals surface area (Å²) in [6, 6.07) is 15.3. The van der Waals surface area contributed by atoms with Gasteiger partial charge in [0.05, 0.1) is 12.6 Å². The van der Waals surface area contributed by atoms with Crippen molar-refractivity contribution in [2.75, 3.05) is 12.0 Å². The van der Waals surface area contributed by atoms with Crippen LogP contribution in [0.5, 0.6) is 5.75 Å². The summed E-state index contributed by atoms with van der Waals surface area (Å²) in [7, 11) is 1.46. The molecule has 0 aromatic heterocycles. The molecule has 27 heavy (non-hydrogen) atoms.